The van der Waals surface area contributed by atoms with Crippen LogP contribution in [0.1, 0.15) is 23.1 Å². The molecule has 5 nitrogen and oxygen atoms in total. The Kier molecular flexibility index (Phi) is 4.35. The van der Waals surface area contributed by atoms with Gasteiger partial charge in [0.15, 0.2) is 5.60 Å². The van der Waals surface area contributed by atoms with Crippen LogP contribution in [0.25, 0.3) is 0 Å². The van der Waals surface area contributed by atoms with E-state index in [0.29, 0.717) is 11.5 Å². The molecule has 3 aromatic rings. The number of aliphatic hydroxyl groups is 1. The molecule has 1 aromatic heterocycles. The predicted octanol–water partition coefficient (Wildman–Crippen LogP) is 4.33. The first-order chi connectivity index (χ1) is 14.6. The maximum atomic E-state index is 11.5. The third-order valence-corrected chi connectivity index (χ3v) is 6.99. The van der Waals surface area contributed by atoms with Crippen LogP contribution < -0.4 is 9.47 Å². The maximum absolute atomic E-state index is 11.5. The number of aromatic nitrogens is 1. The zero-order valence-electron chi connectivity index (χ0n) is 16.2. The van der Waals surface area contributed by atoms with Crippen LogP contribution in [-0.4, -0.2) is 23.3 Å². The lowest BCUT2D eigenvalue weighted by molar-refractivity contribution is -0.0502. The molecule has 0 bridgehead atoms. The van der Waals surface area contributed by atoms with E-state index in [2.05, 4.69) is 27.0 Å². The molecule has 1 saturated carbocycles. The van der Waals surface area contributed by atoms with Gasteiger partial charge in [-0.15, -0.1) is 0 Å². The first-order valence-corrected chi connectivity index (χ1v) is 10.5. The Morgan fingerprint density at radius 1 is 1.13 bits per heavy atom. The molecule has 150 valence electrons. The summed E-state index contributed by atoms with van der Waals surface area (Å²) < 4.78 is 13.3. The van der Waals surface area contributed by atoms with Gasteiger partial charge in [-0.1, -0.05) is 58.4 Å². The van der Waals surface area contributed by atoms with Gasteiger partial charge >= 0.3 is 0 Å². The number of pyridine rings is 1. The molecule has 6 heteroatoms. The van der Waals surface area contributed by atoms with Crippen molar-refractivity contribution in [2.75, 3.05) is 7.11 Å². The number of nitriles is 1. The Hall–Kier alpha value is -2.88. The summed E-state index contributed by atoms with van der Waals surface area (Å²) in [6, 6.07) is 20.0. The molecule has 1 fully saturated rings. The highest BCUT2D eigenvalue weighted by molar-refractivity contribution is 9.10. The van der Waals surface area contributed by atoms with Crippen LogP contribution in [0.15, 0.2) is 71.5 Å². The van der Waals surface area contributed by atoms with E-state index < -0.39 is 23.0 Å². The normalized spacial score (nSPS) is 28.9. The van der Waals surface area contributed by atoms with E-state index in [1.807, 2.05) is 54.6 Å². The topological polar surface area (TPSA) is 75.4 Å². The number of methoxy groups -OCH3 is 1. The molecule has 5 rings (SSSR count). The Bertz CT molecular complexity index is 1150. The van der Waals surface area contributed by atoms with Crippen LogP contribution in [0.2, 0.25) is 0 Å². The highest BCUT2D eigenvalue weighted by Crippen LogP contribution is 2.69. The van der Waals surface area contributed by atoms with E-state index in [-0.39, 0.29) is 6.42 Å². The number of fused-ring (bicyclic) bond motifs is 3. The Labute approximate surface area is 183 Å². The van der Waals surface area contributed by atoms with Crippen molar-refractivity contribution in [3.05, 3.63) is 88.2 Å². The summed E-state index contributed by atoms with van der Waals surface area (Å²) >= 11 is 3.49. The third kappa shape index (κ3) is 2.22. The first kappa shape index (κ1) is 19.1. The molecule has 0 amide bonds. The monoisotopic (exact) mass is 462 g/mol. The second kappa shape index (κ2) is 6.83. The Morgan fingerprint density at radius 3 is 2.53 bits per heavy atom. The van der Waals surface area contributed by atoms with Gasteiger partial charge in [0, 0.05) is 4.47 Å². The first-order valence-electron chi connectivity index (χ1n) is 9.70. The number of hydrogen-bond donors (Lipinski definition) is 1. The summed E-state index contributed by atoms with van der Waals surface area (Å²) in [6.07, 6.45) is 2.67. The molecule has 2 heterocycles. The largest absolute Gasteiger partial charge is 0.495 e. The molecular weight excluding hydrogens is 444 g/mol. The van der Waals surface area contributed by atoms with E-state index in [0.717, 1.165) is 21.2 Å². The van der Waals surface area contributed by atoms with Crippen molar-refractivity contribution >= 4 is 15.9 Å². The standard InChI is InChI=1S/C24H19BrN2O3/c1-29-19-13-27-14-20-22(19)23(15-5-3-2-4-6-15)17(12-26)11-21(28)24(23,30-20)16-7-9-18(25)10-8-16/h2-10,13-14,17,21,28H,11H2,1H3. The van der Waals surface area contributed by atoms with Crippen LogP contribution in [0.5, 0.6) is 11.5 Å². The molecule has 0 saturated heterocycles. The molecule has 2 aliphatic rings. The number of rotatable bonds is 3. The van der Waals surface area contributed by atoms with Gasteiger partial charge in [-0.2, -0.15) is 5.26 Å². The SMILES string of the molecule is COc1cncc2c1C1(c3ccccc3)C(C#N)CC(O)C1(c1ccc(Br)cc1)O2. The minimum atomic E-state index is -1.19. The van der Waals surface area contributed by atoms with E-state index >= 15 is 0 Å². The minimum Gasteiger partial charge on any atom is -0.495 e. The van der Waals surface area contributed by atoms with E-state index in [4.69, 9.17) is 9.47 Å². The van der Waals surface area contributed by atoms with Crippen molar-refractivity contribution in [2.24, 2.45) is 5.92 Å². The lowest BCUT2D eigenvalue weighted by Gasteiger charge is -2.43. The predicted molar refractivity (Wildman–Crippen MR) is 114 cm³/mol. The molecule has 1 aliphatic carbocycles. The van der Waals surface area contributed by atoms with Gasteiger partial charge in [0.2, 0.25) is 0 Å². The molecular formula is C24H19BrN2O3. The van der Waals surface area contributed by atoms with Crippen LogP contribution in [0.4, 0.5) is 0 Å². The van der Waals surface area contributed by atoms with Gasteiger partial charge in [0.1, 0.15) is 17.6 Å². The summed E-state index contributed by atoms with van der Waals surface area (Å²) in [7, 11) is 1.59. The zero-order valence-corrected chi connectivity index (χ0v) is 17.8. The van der Waals surface area contributed by atoms with E-state index in [9.17, 15) is 10.4 Å². The van der Waals surface area contributed by atoms with Gasteiger partial charge in [-0.05, 0) is 29.7 Å². The number of halogens is 1. The van der Waals surface area contributed by atoms with Crippen LogP contribution >= 0.6 is 15.9 Å². The second-order valence-electron chi connectivity index (χ2n) is 7.67. The van der Waals surface area contributed by atoms with E-state index in [1.165, 1.54) is 0 Å². The third-order valence-electron chi connectivity index (χ3n) is 6.46. The quantitative estimate of drug-likeness (QED) is 0.626. The smallest absolute Gasteiger partial charge is 0.175 e. The van der Waals surface area contributed by atoms with Crippen LogP contribution in [-0.2, 0) is 11.0 Å². The molecule has 2 aromatic carbocycles. The van der Waals surface area contributed by atoms with Crippen molar-refractivity contribution in [3.63, 3.8) is 0 Å². The Balaban J connectivity index is 1.95. The fraction of sp³-hybridized carbons (Fsp3) is 0.250. The fourth-order valence-electron chi connectivity index (χ4n) is 5.40. The lowest BCUT2D eigenvalue weighted by Crippen LogP contribution is -2.53. The summed E-state index contributed by atoms with van der Waals surface area (Å²) in [5.74, 6) is 0.543. The van der Waals surface area contributed by atoms with Crippen LogP contribution in [0, 0.1) is 17.2 Å². The number of nitrogens with zero attached hydrogens (tertiary/aromatic N) is 2. The highest BCUT2D eigenvalue weighted by atomic mass is 79.9. The maximum Gasteiger partial charge on any atom is 0.175 e. The number of aliphatic hydroxyl groups excluding tert-OH is 1. The number of benzene rings is 2. The highest BCUT2D eigenvalue weighted by Gasteiger charge is 2.74. The average molecular weight is 463 g/mol. The zero-order chi connectivity index (χ0) is 20.9. The molecule has 0 spiro atoms. The van der Waals surface area contributed by atoms with Crippen molar-refractivity contribution in [3.8, 4) is 17.6 Å². The molecule has 1 aliphatic heterocycles. The van der Waals surface area contributed by atoms with Gasteiger partial charge < -0.3 is 14.6 Å². The van der Waals surface area contributed by atoms with Crippen molar-refractivity contribution in [1.29, 1.82) is 5.26 Å². The average Bonchev–Trinajstić information content (AvgIpc) is 3.23. The summed E-state index contributed by atoms with van der Waals surface area (Å²) in [5, 5.41) is 21.8. The summed E-state index contributed by atoms with van der Waals surface area (Å²) in [6.45, 7) is 0. The van der Waals surface area contributed by atoms with Gasteiger partial charge in [0.05, 0.1) is 42.5 Å². The molecule has 0 radical (unpaired) electrons. The Morgan fingerprint density at radius 2 is 1.87 bits per heavy atom. The fourth-order valence-corrected chi connectivity index (χ4v) is 5.66. The van der Waals surface area contributed by atoms with Crippen molar-refractivity contribution in [2.45, 2.75) is 23.5 Å². The van der Waals surface area contributed by atoms with Gasteiger partial charge in [-0.3, -0.25) is 4.98 Å². The summed E-state index contributed by atoms with van der Waals surface area (Å²) in [5.41, 5.74) is 0.322. The minimum absolute atomic E-state index is 0.284. The van der Waals surface area contributed by atoms with Crippen molar-refractivity contribution in [1.82, 2.24) is 4.98 Å². The van der Waals surface area contributed by atoms with E-state index in [1.54, 1.807) is 19.5 Å². The molecule has 4 unspecified atom stereocenters. The van der Waals surface area contributed by atoms with Gasteiger partial charge in [-0.25, -0.2) is 0 Å². The van der Waals surface area contributed by atoms with Gasteiger partial charge in [0.25, 0.3) is 0 Å². The number of ether oxygens (including phenoxy) is 2. The molecule has 1 N–H and O–H groups in total. The van der Waals surface area contributed by atoms with Crippen molar-refractivity contribution < 1.29 is 14.6 Å². The van der Waals surface area contributed by atoms with Crippen LogP contribution in [0.3, 0.4) is 0 Å². The lowest BCUT2D eigenvalue weighted by atomic mass is 9.60. The second-order valence-corrected chi connectivity index (χ2v) is 8.58. The molecule has 30 heavy (non-hydrogen) atoms. The summed E-state index contributed by atoms with van der Waals surface area (Å²) in [4.78, 5) is 4.27. The molecule has 4 atom stereocenters. The number of hydrogen-bond acceptors (Lipinski definition) is 5.